The van der Waals surface area contributed by atoms with Gasteiger partial charge in [-0.3, -0.25) is 4.79 Å². The minimum Gasteiger partial charge on any atom is -0.493 e. The Morgan fingerprint density at radius 3 is 2.48 bits per heavy atom. The summed E-state index contributed by atoms with van der Waals surface area (Å²) in [7, 11) is 3.08. The molecule has 0 spiro atoms. The molecule has 0 fully saturated rings. The van der Waals surface area contributed by atoms with E-state index in [1.807, 2.05) is 18.2 Å². The summed E-state index contributed by atoms with van der Waals surface area (Å²) >= 11 is 0. The fourth-order valence-corrected chi connectivity index (χ4v) is 3.02. The molecular formula is C22H24O7. The van der Waals surface area contributed by atoms with Crippen LogP contribution in [0.15, 0.2) is 30.3 Å². The van der Waals surface area contributed by atoms with Crippen LogP contribution < -0.4 is 14.2 Å². The van der Waals surface area contributed by atoms with Gasteiger partial charge in [0.25, 0.3) is 0 Å². The van der Waals surface area contributed by atoms with Crippen molar-refractivity contribution < 1.29 is 33.3 Å². The van der Waals surface area contributed by atoms with Gasteiger partial charge in [0.05, 0.1) is 25.7 Å². The number of benzene rings is 2. The van der Waals surface area contributed by atoms with Gasteiger partial charge in [0.1, 0.15) is 19.8 Å². The Balaban J connectivity index is 1.90. The van der Waals surface area contributed by atoms with Crippen LogP contribution in [0.25, 0.3) is 11.1 Å². The van der Waals surface area contributed by atoms with Crippen LogP contribution in [0.4, 0.5) is 0 Å². The fraction of sp³-hybridized carbons (Fsp3) is 0.364. The van der Waals surface area contributed by atoms with E-state index in [1.54, 1.807) is 33.1 Å². The standard InChI is InChI=1S/C22H24O7/c1-13(2)21(23)28-10-9-27-19-16(7-8-18(25-3)20(19)26-4)14-5-6-17-15(11-14)12-29-22(17)24/h5-8,11,13H,9-10,12H2,1-4H3. The summed E-state index contributed by atoms with van der Waals surface area (Å²) in [5, 5.41) is 0. The van der Waals surface area contributed by atoms with Crippen LogP contribution in [-0.4, -0.2) is 39.4 Å². The molecule has 0 aromatic heterocycles. The monoisotopic (exact) mass is 400 g/mol. The van der Waals surface area contributed by atoms with E-state index in [4.69, 9.17) is 23.7 Å². The zero-order valence-electron chi connectivity index (χ0n) is 16.9. The van der Waals surface area contributed by atoms with E-state index in [-0.39, 0.29) is 37.7 Å². The van der Waals surface area contributed by atoms with E-state index in [9.17, 15) is 9.59 Å². The molecule has 2 aromatic rings. The number of hydrogen-bond donors (Lipinski definition) is 0. The first-order valence-corrected chi connectivity index (χ1v) is 9.31. The fourth-order valence-electron chi connectivity index (χ4n) is 3.02. The number of ether oxygens (including phenoxy) is 5. The predicted molar refractivity (Wildman–Crippen MR) is 105 cm³/mol. The minimum absolute atomic E-state index is 0.114. The van der Waals surface area contributed by atoms with Crippen molar-refractivity contribution in [3.05, 3.63) is 41.5 Å². The van der Waals surface area contributed by atoms with Crippen molar-refractivity contribution in [2.75, 3.05) is 27.4 Å². The number of hydrogen-bond acceptors (Lipinski definition) is 7. The number of esters is 2. The number of fused-ring (bicyclic) bond motifs is 1. The Hall–Kier alpha value is -3.22. The number of methoxy groups -OCH3 is 2. The molecule has 0 saturated carbocycles. The lowest BCUT2D eigenvalue weighted by Crippen LogP contribution is -2.16. The second-order valence-electron chi connectivity index (χ2n) is 6.80. The molecule has 0 bridgehead atoms. The molecule has 0 atom stereocenters. The number of carbonyl (C=O) groups is 2. The van der Waals surface area contributed by atoms with Gasteiger partial charge >= 0.3 is 11.9 Å². The van der Waals surface area contributed by atoms with Crippen LogP contribution in [0.3, 0.4) is 0 Å². The lowest BCUT2D eigenvalue weighted by molar-refractivity contribution is -0.148. The molecule has 0 radical (unpaired) electrons. The third kappa shape index (κ3) is 4.29. The first-order valence-electron chi connectivity index (χ1n) is 9.31. The summed E-state index contributed by atoms with van der Waals surface area (Å²) in [6, 6.07) is 9.11. The van der Waals surface area contributed by atoms with E-state index >= 15 is 0 Å². The highest BCUT2D eigenvalue weighted by Crippen LogP contribution is 2.45. The van der Waals surface area contributed by atoms with Crippen LogP contribution in [0.5, 0.6) is 17.2 Å². The summed E-state index contributed by atoms with van der Waals surface area (Å²) < 4.78 is 27.1. The van der Waals surface area contributed by atoms with Gasteiger partial charge in [0.2, 0.25) is 5.75 Å². The minimum atomic E-state index is -0.317. The molecule has 29 heavy (non-hydrogen) atoms. The average molecular weight is 400 g/mol. The lowest BCUT2D eigenvalue weighted by Gasteiger charge is -2.18. The average Bonchev–Trinajstić information content (AvgIpc) is 3.10. The molecule has 1 heterocycles. The predicted octanol–water partition coefficient (Wildman–Crippen LogP) is 3.62. The van der Waals surface area contributed by atoms with Crippen LogP contribution in [0.1, 0.15) is 29.8 Å². The maximum Gasteiger partial charge on any atom is 0.338 e. The van der Waals surface area contributed by atoms with Gasteiger partial charge in [-0.1, -0.05) is 19.9 Å². The Kier molecular flexibility index (Phi) is 6.26. The second kappa shape index (κ2) is 8.86. The zero-order chi connectivity index (χ0) is 21.0. The van der Waals surface area contributed by atoms with Gasteiger partial charge in [-0.15, -0.1) is 0 Å². The Labute approximate surface area is 169 Å². The largest absolute Gasteiger partial charge is 0.493 e. The molecule has 2 aromatic carbocycles. The molecule has 3 rings (SSSR count). The quantitative estimate of drug-likeness (QED) is 0.494. The first kappa shape index (κ1) is 20.5. The third-order valence-corrected chi connectivity index (χ3v) is 4.54. The van der Waals surface area contributed by atoms with Gasteiger partial charge in [-0.25, -0.2) is 4.79 Å². The number of carbonyl (C=O) groups excluding carboxylic acids is 2. The van der Waals surface area contributed by atoms with E-state index in [0.717, 1.165) is 16.7 Å². The van der Waals surface area contributed by atoms with Crippen LogP contribution >= 0.6 is 0 Å². The molecule has 0 amide bonds. The molecule has 0 N–H and O–H groups in total. The smallest absolute Gasteiger partial charge is 0.338 e. The van der Waals surface area contributed by atoms with Crippen molar-refractivity contribution in [1.29, 1.82) is 0 Å². The summed E-state index contributed by atoms with van der Waals surface area (Å²) in [6.07, 6.45) is 0. The maximum atomic E-state index is 11.7. The van der Waals surface area contributed by atoms with Crippen molar-refractivity contribution in [3.63, 3.8) is 0 Å². The molecule has 7 nitrogen and oxygen atoms in total. The molecule has 7 heteroatoms. The summed E-state index contributed by atoms with van der Waals surface area (Å²) in [6.45, 7) is 4.06. The van der Waals surface area contributed by atoms with E-state index in [2.05, 4.69) is 0 Å². The first-order chi connectivity index (χ1) is 14.0. The SMILES string of the molecule is COc1ccc(-c2ccc3c(c2)COC3=O)c(OCCOC(=O)C(C)C)c1OC. The van der Waals surface area contributed by atoms with E-state index in [0.29, 0.717) is 22.8 Å². The van der Waals surface area contributed by atoms with Gasteiger partial charge in [0, 0.05) is 11.1 Å². The maximum absolute atomic E-state index is 11.7. The highest BCUT2D eigenvalue weighted by molar-refractivity contribution is 5.94. The number of rotatable bonds is 8. The highest BCUT2D eigenvalue weighted by atomic mass is 16.6. The van der Waals surface area contributed by atoms with E-state index < -0.39 is 0 Å². The molecule has 0 aliphatic carbocycles. The van der Waals surface area contributed by atoms with Crippen molar-refractivity contribution in [2.45, 2.75) is 20.5 Å². The zero-order valence-corrected chi connectivity index (χ0v) is 16.9. The summed E-state index contributed by atoms with van der Waals surface area (Å²) in [5.74, 6) is 0.626. The normalized spacial score (nSPS) is 12.4. The van der Waals surface area contributed by atoms with Crippen molar-refractivity contribution >= 4 is 11.9 Å². The Morgan fingerprint density at radius 2 is 1.79 bits per heavy atom. The molecule has 1 aliphatic rings. The molecular weight excluding hydrogens is 376 g/mol. The van der Waals surface area contributed by atoms with Gasteiger partial charge in [-0.05, 0) is 29.8 Å². The molecule has 0 saturated heterocycles. The third-order valence-electron chi connectivity index (χ3n) is 4.54. The lowest BCUT2D eigenvalue weighted by atomic mass is 9.99. The molecule has 154 valence electrons. The van der Waals surface area contributed by atoms with Crippen LogP contribution in [0, 0.1) is 5.92 Å². The Bertz CT molecular complexity index is 918. The molecule has 0 unspecified atom stereocenters. The van der Waals surface area contributed by atoms with E-state index in [1.165, 1.54) is 7.11 Å². The summed E-state index contributed by atoms with van der Waals surface area (Å²) in [4.78, 5) is 23.4. The van der Waals surface area contributed by atoms with Crippen molar-refractivity contribution in [2.24, 2.45) is 5.92 Å². The van der Waals surface area contributed by atoms with Gasteiger partial charge in [-0.2, -0.15) is 0 Å². The second-order valence-corrected chi connectivity index (χ2v) is 6.80. The highest BCUT2D eigenvalue weighted by Gasteiger charge is 2.23. The molecule has 1 aliphatic heterocycles. The topological polar surface area (TPSA) is 80.3 Å². The van der Waals surface area contributed by atoms with Gasteiger partial charge < -0.3 is 23.7 Å². The van der Waals surface area contributed by atoms with Crippen molar-refractivity contribution in [1.82, 2.24) is 0 Å². The number of cyclic esters (lactones) is 1. The van der Waals surface area contributed by atoms with Crippen LogP contribution in [0.2, 0.25) is 0 Å². The van der Waals surface area contributed by atoms with Crippen LogP contribution in [-0.2, 0) is 20.9 Å². The summed E-state index contributed by atoms with van der Waals surface area (Å²) in [5.41, 5.74) is 2.99. The van der Waals surface area contributed by atoms with Gasteiger partial charge in [0.15, 0.2) is 11.5 Å². The Morgan fingerprint density at radius 1 is 1.03 bits per heavy atom. The van der Waals surface area contributed by atoms with Crippen molar-refractivity contribution in [3.8, 4) is 28.4 Å².